The summed E-state index contributed by atoms with van der Waals surface area (Å²) in [5, 5.41) is 12.9. The quantitative estimate of drug-likeness (QED) is 0.199. The molecule has 0 spiro atoms. The summed E-state index contributed by atoms with van der Waals surface area (Å²) in [6.07, 6.45) is 1.85. The van der Waals surface area contributed by atoms with Crippen LogP contribution in [0.5, 0.6) is 0 Å². The number of benzene rings is 4. The maximum atomic E-state index is 5.43. The molecular formula is C24H21N3S. The predicted molar refractivity (Wildman–Crippen MR) is 124 cm³/mol. The van der Waals surface area contributed by atoms with Crippen molar-refractivity contribution in [1.29, 1.82) is 0 Å². The zero-order valence-corrected chi connectivity index (χ0v) is 16.7. The second-order valence-corrected chi connectivity index (χ2v) is 7.23. The molecule has 0 atom stereocenters. The van der Waals surface area contributed by atoms with E-state index in [1.54, 1.807) is 0 Å². The third-order valence-corrected chi connectivity index (χ3v) is 5.09. The van der Waals surface area contributed by atoms with Crippen molar-refractivity contribution >= 4 is 50.8 Å². The molecule has 0 saturated heterocycles. The van der Waals surface area contributed by atoms with Crippen LogP contribution in [0.25, 0.3) is 21.5 Å². The summed E-state index contributed by atoms with van der Waals surface area (Å²) in [7, 11) is 0. The topological polar surface area (TPSA) is 36.4 Å². The zero-order valence-electron chi connectivity index (χ0n) is 15.9. The highest BCUT2D eigenvalue weighted by Crippen LogP contribution is 2.27. The molecule has 0 aliphatic carbocycles. The van der Waals surface area contributed by atoms with Crippen molar-refractivity contribution in [2.45, 2.75) is 13.8 Å². The molecule has 138 valence electrons. The lowest BCUT2D eigenvalue weighted by Gasteiger charge is -2.13. The second kappa shape index (κ2) is 7.79. The van der Waals surface area contributed by atoms with E-state index in [0.29, 0.717) is 5.11 Å². The van der Waals surface area contributed by atoms with Crippen LogP contribution in [0, 0.1) is 13.8 Å². The van der Waals surface area contributed by atoms with Crippen molar-refractivity contribution in [2.24, 2.45) is 5.10 Å². The number of fused-ring (bicyclic) bond motifs is 2. The standard InChI is InChI=1S/C24H21N3S/c1-16-8-7-9-17(2)23(16)26-24(28)27-25-15-22-20-12-5-3-10-18(20)14-19-11-4-6-13-21(19)22/h3-15H,1-2H3,(H2,26,27,28). The van der Waals surface area contributed by atoms with Crippen molar-refractivity contribution in [3.8, 4) is 0 Å². The summed E-state index contributed by atoms with van der Waals surface area (Å²) in [4.78, 5) is 0. The van der Waals surface area contributed by atoms with Crippen LogP contribution in [0.1, 0.15) is 16.7 Å². The average molecular weight is 384 g/mol. The van der Waals surface area contributed by atoms with Crippen molar-refractivity contribution < 1.29 is 0 Å². The highest BCUT2D eigenvalue weighted by Gasteiger charge is 2.06. The van der Waals surface area contributed by atoms with Gasteiger partial charge in [0.1, 0.15) is 0 Å². The molecule has 4 aromatic rings. The molecule has 0 radical (unpaired) electrons. The van der Waals surface area contributed by atoms with E-state index in [-0.39, 0.29) is 0 Å². The molecule has 0 unspecified atom stereocenters. The maximum absolute atomic E-state index is 5.43. The summed E-state index contributed by atoms with van der Waals surface area (Å²) < 4.78 is 0. The Morgan fingerprint density at radius 3 is 2.00 bits per heavy atom. The molecule has 0 aromatic heterocycles. The van der Waals surface area contributed by atoms with Crippen LogP contribution in [0.15, 0.2) is 77.9 Å². The number of anilines is 1. The first-order valence-corrected chi connectivity index (χ1v) is 9.61. The normalized spacial score (nSPS) is 11.2. The molecule has 0 amide bonds. The third kappa shape index (κ3) is 3.59. The van der Waals surface area contributed by atoms with Crippen molar-refractivity contribution in [2.75, 3.05) is 5.32 Å². The summed E-state index contributed by atoms with van der Waals surface area (Å²) in [6, 6.07) is 25.1. The van der Waals surface area contributed by atoms with Gasteiger partial charge in [0.15, 0.2) is 5.11 Å². The fraction of sp³-hybridized carbons (Fsp3) is 0.0833. The molecule has 28 heavy (non-hydrogen) atoms. The van der Waals surface area contributed by atoms with Gasteiger partial charge in [-0.2, -0.15) is 5.10 Å². The van der Waals surface area contributed by atoms with Gasteiger partial charge in [0, 0.05) is 11.3 Å². The predicted octanol–water partition coefficient (Wildman–Crippen LogP) is 5.93. The molecule has 0 fully saturated rings. The van der Waals surface area contributed by atoms with Gasteiger partial charge in [-0.1, -0.05) is 66.7 Å². The molecule has 4 heteroatoms. The summed E-state index contributed by atoms with van der Waals surface area (Å²) in [5.41, 5.74) is 7.35. The number of thiocarbonyl (C=S) groups is 1. The lowest BCUT2D eigenvalue weighted by atomic mass is 9.97. The van der Waals surface area contributed by atoms with E-state index in [1.165, 1.54) is 21.5 Å². The van der Waals surface area contributed by atoms with E-state index in [1.807, 2.05) is 12.3 Å². The Bertz CT molecular complexity index is 1140. The largest absolute Gasteiger partial charge is 0.331 e. The van der Waals surface area contributed by atoms with Gasteiger partial charge in [-0.25, -0.2) is 0 Å². The minimum Gasteiger partial charge on any atom is -0.331 e. The molecule has 0 aliphatic heterocycles. The SMILES string of the molecule is Cc1cccc(C)c1NC(=S)NN=Cc1c2ccccc2cc2ccccc12. The molecule has 0 heterocycles. The van der Waals surface area contributed by atoms with E-state index in [2.05, 4.69) is 96.4 Å². The summed E-state index contributed by atoms with van der Waals surface area (Å²) in [5.74, 6) is 0. The zero-order chi connectivity index (χ0) is 19.5. The Morgan fingerprint density at radius 2 is 1.39 bits per heavy atom. The number of hydrogen-bond donors (Lipinski definition) is 2. The third-order valence-electron chi connectivity index (χ3n) is 4.89. The minimum absolute atomic E-state index is 0.471. The Hall–Kier alpha value is -3.24. The molecule has 0 bridgehead atoms. The van der Waals surface area contributed by atoms with Gasteiger partial charge in [-0.3, -0.25) is 5.43 Å². The van der Waals surface area contributed by atoms with Gasteiger partial charge < -0.3 is 5.32 Å². The lowest BCUT2D eigenvalue weighted by Crippen LogP contribution is -2.24. The van der Waals surface area contributed by atoms with Crippen LogP contribution in [-0.4, -0.2) is 11.3 Å². The Kier molecular flexibility index (Phi) is 5.04. The maximum Gasteiger partial charge on any atom is 0.191 e. The van der Waals surface area contributed by atoms with Crippen LogP contribution in [0.4, 0.5) is 5.69 Å². The second-order valence-electron chi connectivity index (χ2n) is 6.82. The molecule has 4 rings (SSSR count). The van der Waals surface area contributed by atoms with Gasteiger partial charge >= 0.3 is 0 Å². The summed E-state index contributed by atoms with van der Waals surface area (Å²) in [6.45, 7) is 4.12. The molecule has 2 N–H and O–H groups in total. The van der Waals surface area contributed by atoms with E-state index in [9.17, 15) is 0 Å². The monoisotopic (exact) mass is 383 g/mol. The minimum atomic E-state index is 0.471. The Balaban J connectivity index is 1.62. The smallest absolute Gasteiger partial charge is 0.191 e. The van der Waals surface area contributed by atoms with E-state index >= 15 is 0 Å². The highest BCUT2D eigenvalue weighted by molar-refractivity contribution is 7.80. The average Bonchev–Trinajstić information content (AvgIpc) is 2.70. The van der Waals surface area contributed by atoms with E-state index < -0.39 is 0 Å². The number of nitrogens with zero attached hydrogens (tertiary/aromatic N) is 1. The van der Waals surface area contributed by atoms with Gasteiger partial charge in [0.2, 0.25) is 0 Å². The molecule has 0 aliphatic rings. The van der Waals surface area contributed by atoms with Crippen molar-refractivity contribution in [3.05, 3.63) is 89.5 Å². The Morgan fingerprint density at radius 1 is 0.821 bits per heavy atom. The van der Waals surface area contributed by atoms with E-state index in [4.69, 9.17) is 12.2 Å². The first-order valence-electron chi connectivity index (χ1n) is 9.20. The van der Waals surface area contributed by atoms with Crippen molar-refractivity contribution in [1.82, 2.24) is 5.43 Å². The van der Waals surface area contributed by atoms with Gasteiger partial charge in [-0.05, 0) is 64.8 Å². The van der Waals surface area contributed by atoms with Crippen molar-refractivity contribution in [3.63, 3.8) is 0 Å². The van der Waals surface area contributed by atoms with Crippen LogP contribution in [-0.2, 0) is 0 Å². The number of hydrazone groups is 1. The van der Waals surface area contributed by atoms with Crippen LogP contribution < -0.4 is 10.7 Å². The lowest BCUT2D eigenvalue weighted by molar-refractivity contribution is 1.05. The van der Waals surface area contributed by atoms with E-state index in [0.717, 1.165) is 22.4 Å². The number of rotatable bonds is 3. The van der Waals surface area contributed by atoms with Crippen LogP contribution >= 0.6 is 12.2 Å². The fourth-order valence-corrected chi connectivity index (χ4v) is 3.65. The fourth-order valence-electron chi connectivity index (χ4n) is 3.50. The number of para-hydroxylation sites is 1. The van der Waals surface area contributed by atoms with Crippen LogP contribution in [0.3, 0.4) is 0 Å². The number of nitrogens with one attached hydrogen (secondary N) is 2. The molecule has 4 aromatic carbocycles. The van der Waals surface area contributed by atoms with Gasteiger partial charge in [-0.15, -0.1) is 0 Å². The van der Waals surface area contributed by atoms with Crippen LogP contribution in [0.2, 0.25) is 0 Å². The molecule has 0 saturated carbocycles. The molecular weight excluding hydrogens is 362 g/mol. The number of aryl methyl sites for hydroxylation is 2. The highest BCUT2D eigenvalue weighted by atomic mass is 32.1. The number of hydrogen-bond acceptors (Lipinski definition) is 2. The van der Waals surface area contributed by atoms with Gasteiger partial charge in [0.05, 0.1) is 6.21 Å². The first kappa shape index (κ1) is 18.1. The van der Waals surface area contributed by atoms with Gasteiger partial charge in [0.25, 0.3) is 0 Å². The first-order chi connectivity index (χ1) is 13.6. The Labute approximate surface area is 170 Å². The summed E-state index contributed by atoms with van der Waals surface area (Å²) >= 11 is 5.43. The molecule has 3 nitrogen and oxygen atoms in total.